The molecule has 2 aromatic carbocycles. The summed E-state index contributed by atoms with van der Waals surface area (Å²) in [5.41, 5.74) is 0.138. The van der Waals surface area contributed by atoms with Crippen LogP contribution in [0.15, 0.2) is 42.5 Å². The van der Waals surface area contributed by atoms with Crippen LogP contribution in [0, 0.1) is 5.82 Å². The van der Waals surface area contributed by atoms with Gasteiger partial charge in [-0.2, -0.15) is 0 Å². The van der Waals surface area contributed by atoms with Gasteiger partial charge in [-0.25, -0.2) is 4.39 Å². The van der Waals surface area contributed by atoms with Gasteiger partial charge in [0.05, 0.1) is 17.7 Å². The van der Waals surface area contributed by atoms with Gasteiger partial charge in [-0.3, -0.25) is 4.79 Å². The van der Waals surface area contributed by atoms with Gasteiger partial charge in [-0.15, -0.1) is 0 Å². The Hall–Kier alpha value is -2.07. The summed E-state index contributed by atoms with van der Waals surface area (Å²) < 4.78 is 23.6. The Morgan fingerprint density at radius 1 is 1.20 bits per heavy atom. The molecule has 0 saturated carbocycles. The van der Waals surface area contributed by atoms with E-state index in [0.717, 1.165) is 6.07 Å². The van der Waals surface area contributed by atoms with Gasteiger partial charge in [-0.1, -0.05) is 23.7 Å². The average molecular weight is 295 g/mol. The number of hydrogen-bond donors (Lipinski definition) is 0. The maximum absolute atomic E-state index is 13.2. The minimum atomic E-state index is -0.508. The number of carbonyl (C=O) groups is 1. The minimum Gasteiger partial charge on any atom is -0.496 e. The summed E-state index contributed by atoms with van der Waals surface area (Å²) in [6.45, 7) is -0.246. The second kappa shape index (κ2) is 6.39. The van der Waals surface area contributed by atoms with E-state index in [1.54, 1.807) is 24.3 Å². The molecule has 3 nitrogen and oxygen atoms in total. The van der Waals surface area contributed by atoms with E-state index in [4.69, 9.17) is 21.1 Å². The minimum absolute atomic E-state index is 0.138. The molecule has 0 spiro atoms. The van der Waals surface area contributed by atoms with E-state index in [2.05, 4.69) is 0 Å². The summed E-state index contributed by atoms with van der Waals surface area (Å²) in [4.78, 5) is 12.0. The second-order valence-electron chi connectivity index (χ2n) is 3.99. The second-order valence-corrected chi connectivity index (χ2v) is 4.39. The molecular formula is C15H12ClFO3. The van der Waals surface area contributed by atoms with E-state index in [9.17, 15) is 9.18 Å². The van der Waals surface area contributed by atoms with E-state index >= 15 is 0 Å². The van der Waals surface area contributed by atoms with Crippen molar-refractivity contribution >= 4 is 17.4 Å². The number of ether oxygens (including phenoxy) is 2. The highest BCUT2D eigenvalue weighted by atomic mass is 35.5. The summed E-state index contributed by atoms with van der Waals surface area (Å²) in [6.07, 6.45) is 0. The molecule has 2 aromatic rings. The molecule has 5 heteroatoms. The lowest BCUT2D eigenvalue weighted by molar-refractivity contribution is 0.0918. The average Bonchev–Trinajstić information content (AvgIpc) is 2.46. The number of methoxy groups -OCH3 is 1. The fraction of sp³-hybridized carbons (Fsp3) is 0.133. The Bertz CT molecular complexity index is 628. The number of para-hydroxylation sites is 1. The Labute approximate surface area is 120 Å². The number of ketones is 1. The van der Waals surface area contributed by atoms with E-state index in [1.807, 2.05) is 0 Å². The molecule has 0 bridgehead atoms. The first-order chi connectivity index (χ1) is 9.61. The van der Waals surface area contributed by atoms with Crippen LogP contribution in [0.1, 0.15) is 10.4 Å². The number of Topliss-reactive ketones (excluding diaryl/α,β-unsaturated/α-hetero) is 1. The highest BCUT2D eigenvalue weighted by Crippen LogP contribution is 2.24. The van der Waals surface area contributed by atoms with E-state index in [1.165, 1.54) is 19.2 Å². The van der Waals surface area contributed by atoms with Crippen molar-refractivity contribution in [3.63, 3.8) is 0 Å². The third kappa shape index (κ3) is 3.27. The number of rotatable bonds is 5. The van der Waals surface area contributed by atoms with Crippen LogP contribution in [0.25, 0.3) is 0 Å². The number of benzene rings is 2. The van der Waals surface area contributed by atoms with E-state index in [0.29, 0.717) is 16.5 Å². The molecule has 2 rings (SSSR count). The summed E-state index contributed by atoms with van der Waals surface area (Å²) in [5.74, 6) is -0.190. The number of carbonyl (C=O) groups excluding carboxylic acids is 1. The summed E-state index contributed by atoms with van der Waals surface area (Å²) >= 11 is 5.92. The SMILES string of the molecule is COc1ccc(F)cc1C(=O)COc1ccccc1Cl. The number of hydrogen-bond acceptors (Lipinski definition) is 3. The van der Waals surface area contributed by atoms with Gasteiger partial charge >= 0.3 is 0 Å². The van der Waals surface area contributed by atoms with Crippen LogP contribution in [0.2, 0.25) is 5.02 Å². The highest BCUT2D eigenvalue weighted by Gasteiger charge is 2.14. The molecule has 0 aliphatic carbocycles. The van der Waals surface area contributed by atoms with Crippen LogP contribution in [-0.2, 0) is 0 Å². The van der Waals surface area contributed by atoms with Crippen molar-refractivity contribution in [1.82, 2.24) is 0 Å². The van der Waals surface area contributed by atoms with Crippen molar-refractivity contribution in [2.75, 3.05) is 13.7 Å². The normalized spacial score (nSPS) is 10.2. The predicted octanol–water partition coefficient (Wildman–Crippen LogP) is 3.75. The molecule has 0 atom stereocenters. The van der Waals surface area contributed by atoms with Crippen molar-refractivity contribution < 1.29 is 18.7 Å². The van der Waals surface area contributed by atoms with Gasteiger partial charge in [0.2, 0.25) is 5.78 Å². The molecule has 0 aliphatic heterocycles. The molecule has 0 aliphatic rings. The van der Waals surface area contributed by atoms with E-state index < -0.39 is 5.82 Å². The first kappa shape index (κ1) is 14.3. The smallest absolute Gasteiger partial charge is 0.204 e. The summed E-state index contributed by atoms with van der Waals surface area (Å²) in [7, 11) is 1.42. The number of halogens is 2. The molecule has 0 N–H and O–H groups in total. The zero-order valence-electron chi connectivity index (χ0n) is 10.7. The quantitative estimate of drug-likeness (QED) is 0.788. The summed E-state index contributed by atoms with van der Waals surface area (Å²) in [5, 5.41) is 0.409. The van der Waals surface area contributed by atoms with Crippen molar-refractivity contribution in [3.05, 3.63) is 58.9 Å². The van der Waals surface area contributed by atoms with Gasteiger partial charge in [-0.05, 0) is 30.3 Å². The Morgan fingerprint density at radius 3 is 2.65 bits per heavy atom. The van der Waals surface area contributed by atoms with E-state index in [-0.39, 0.29) is 18.0 Å². The molecule has 104 valence electrons. The molecule has 0 heterocycles. The molecular weight excluding hydrogens is 283 g/mol. The van der Waals surface area contributed by atoms with Crippen LogP contribution in [-0.4, -0.2) is 19.5 Å². The fourth-order valence-electron chi connectivity index (χ4n) is 1.68. The Balaban J connectivity index is 2.13. The van der Waals surface area contributed by atoms with Gasteiger partial charge in [0.15, 0.2) is 6.61 Å². The Kier molecular flexibility index (Phi) is 4.58. The fourth-order valence-corrected chi connectivity index (χ4v) is 1.87. The van der Waals surface area contributed by atoms with Gasteiger partial charge < -0.3 is 9.47 Å². The van der Waals surface area contributed by atoms with Gasteiger partial charge in [0.1, 0.15) is 17.3 Å². The zero-order chi connectivity index (χ0) is 14.5. The molecule has 0 unspecified atom stereocenters. The van der Waals surface area contributed by atoms with Gasteiger partial charge in [0, 0.05) is 0 Å². The van der Waals surface area contributed by atoms with Gasteiger partial charge in [0.25, 0.3) is 0 Å². The predicted molar refractivity (Wildman–Crippen MR) is 74.2 cm³/mol. The standard InChI is InChI=1S/C15H12ClFO3/c1-19-14-7-6-10(17)8-11(14)13(18)9-20-15-5-3-2-4-12(15)16/h2-8H,9H2,1H3. The van der Waals surface area contributed by atoms with Crippen molar-refractivity contribution in [2.24, 2.45) is 0 Å². The lowest BCUT2D eigenvalue weighted by Crippen LogP contribution is -2.13. The third-order valence-corrected chi connectivity index (χ3v) is 2.97. The maximum Gasteiger partial charge on any atom is 0.204 e. The first-order valence-electron chi connectivity index (χ1n) is 5.86. The topological polar surface area (TPSA) is 35.5 Å². The van der Waals surface area contributed by atoms with Crippen molar-refractivity contribution in [1.29, 1.82) is 0 Å². The van der Waals surface area contributed by atoms with Crippen molar-refractivity contribution in [2.45, 2.75) is 0 Å². The third-order valence-electron chi connectivity index (χ3n) is 2.66. The van der Waals surface area contributed by atoms with Crippen LogP contribution in [0.5, 0.6) is 11.5 Å². The van der Waals surface area contributed by atoms with Crippen LogP contribution in [0.4, 0.5) is 4.39 Å². The molecule has 20 heavy (non-hydrogen) atoms. The molecule has 0 saturated heterocycles. The monoisotopic (exact) mass is 294 g/mol. The zero-order valence-corrected chi connectivity index (χ0v) is 11.5. The largest absolute Gasteiger partial charge is 0.496 e. The Morgan fingerprint density at radius 2 is 1.95 bits per heavy atom. The van der Waals surface area contributed by atoms with Crippen LogP contribution < -0.4 is 9.47 Å². The van der Waals surface area contributed by atoms with Crippen LogP contribution >= 0.6 is 11.6 Å². The lowest BCUT2D eigenvalue weighted by atomic mass is 10.1. The van der Waals surface area contributed by atoms with Crippen molar-refractivity contribution in [3.8, 4) is 11.5 Å². The lowest BCUT2D eigenvalue weighted by Gasteiger charge is -2.09. The highest BCUT2D eigenvalue weighted by molar-refractivity contribution is 6.32. The molecule has 0 amide bonds. The van der Waals surface area contributed by atoms with Crippen LogP contribution in [0.3, 0.4) is 0 Å². The first-order valence-corrected chi connectivity index (χ1v) is 6.23. The summed E-state index contributed by atoms with van der Waals surface area (Å²) in [6, 6.07) is 10.6. The maximum atomic E-state index is 13.2. The molecule has 0 aromatic heterocycles. The molecule has 0 fully saturated rings. The molecule has 0 radical (unpaired) electrons.